The molecular weight excluding hydrogens is 506 g/mol. The van der Waals surface area contributed by atoms with Gasteiger partial charge in [0, 0.05) is 50.9 Å². The first-order valence-electron chi connectivity index (χ1n) is 12.8. The van der Waals surface area contributed by atoms with Crippen LogP contribution in [0.1, 0.15) is 38.1 Å². The van der Waals surface area contributed by atoms with E-state index in [1.165, 1.54) is 19.2 Å². The highest BCUT2D eigenvalue weighted by Crippen LogP contribution is 2.41. The summed E-state index contributed by atoms with van der Waals surface area (Å²) in [5.41, 5.74) is 1.67. The van der Waals surface area contributed by atoms with Crippen molar-refractivity contribution < 1.29 is 18.4 Å². The normalized spacial score (nSPS) is 16.8. The number of halogens is 2. The van der Waals surface area contributed by atoms with Gasteiger partial charge in [-0.05, 0) is 45.0 Å². The standard InChI is InChI=1S/C27H30F2N8O2/c1-15(2)37-16(3)32-25-20(28)11-19(12-22(25)37)24-21(29)14-31-27(34-24)33-23-6-5-18(13-30-23)26(39)36-9-7-35(8-10-36)17(4)38/h5-6,11-16,32H,7-10H2,1-4H3,(H,30,31,33,34). The summed E-state index contributed by atoms with van der Waals surface area (Å²) >= 11 is 0. The predicted molar refractivity (Wildman–Crippen MR) is 144 cm³/mol. The molecule has 2 aliphatic heterocycles. The maximum atomic E-state index is 15.0. The molecule has 2 N–H and O–H groups in total. The maximum Gasteiger partial charge on any atom is 0.255 e. The van der Waals surface area contributed by atoms with Crippen molar-refractivity contribution in [2.45, 2.75) is 39.9 Å². The predicted octanol–water partition coefficient (Wildman–Crippen LogP) is 3.85. The van der Waals surface area contributed by atoms with Gasteiger partial charge in [0.15, 0.2) is 5.82 Å². The Hall–Kier alpha value is -4.35. The Bertz CT molecular complexity index is 1410. The summed E-state index contributed by atoms with van der Waals surface area (Å²) in [6, 6.07) is 6.31. The molecule has 5 rings (SSSR count). The van der Waals surface area contributed by atoms with Crippen molar-refractivity contribution in [1.29, 1.82) is 0 Å². The van der Waals surface area contributed by atoms with E-state index in [1.807, 2.05) is 25.7 Å². The fraction of sp³-hybridized carbons (Fsp3) is 0.370. The van der Waals surface area contributed by atoms with E-state index < -0.39 is 11.6 Å². The van der Waals surface area contributed by atoms with Crippen LogP contribution in [-0.4, -0.2) is 75.0 Å². The fourth-order valence-corrected chi connectivity index (χ4v) is 5.03. The molecule has 39 heavy (non-hydrogen) atoms. The lowest BCUT2D eigenvalue weighted by Gasteiger charge is -2.34. The van der Waals surface area contributed by atoms with Crippen LogP contribution in [0.4, 0.5) is 31.9 Å². The molecule has 1 saturated heterocycles. The van der Waals surface area contributed by atoms with Crippen LogP contribution in [0.15, 0.2) is 36.7 Å². The number of carbonyl (C=O) groups excluding carboxylic acids is 2. The van der Waals surface area contributed by atoms with Gasteiger partial charge in [-0.1, -0.05) is 0 Å². The minimum absolute atomic E-state index is 0.00388. The van der Waals surface area contributed by atoms with Crippen LogP contribution in [0.3, 0.4) is 0 Å². The average molecular weight is 537 g/mol. The molecule has 1 fully saturated rings. The summed E-state index contributed by atoms with van der Waals surface area (Å²) in [5.74, 6) is -0.921. The fourth-order valence-electron chi connectivity index (χ4n) is 5.03. The van der Waals surface area contributed by atoms with Crippen molar-refractivity contribution in [3.63, 3.8) is 0 Å². The number of hydrogen-bond donors (Lipinski definition) is 2. The Morgan fingerprint density at radius 1 is 1.03 bits per heavy atom. The van der Waals surface area contributed by atoms with Crippen LogP contribution in [0.25, 0.3) is 11.3 Å². The quantitative estimate of drug-likeness (QED) is 0.507. The lowest BCUT2D eigenvalue weighted by atomic mass is 10.1. The zero-order chi connectivity index (χ0) is 27.8. The van der Waals surface area contributed by atoms with Gasteiger partial charge in [-0.3, -0.25) is 9.59 Å². The zero-order valence-electron chi connectivity index (χ0n) is 22.2. The molecule has 12 heteroatoms. The van der Waals surface area contributed by atoms with E-state index in [9.17, 15) is 18.4 Å². The Labute approximate surface area is 225 Å². The van der Waals surface area contributed by atoms with E-state index in [2.05, 4.69) is 25.6 Å². The number of benzene rings is 1. The van der Waals surface area contributed by atoms with E-state index in [0.717, 1.165) is 6.20 Å². The molecule has 1 aromatic carbocycles. The third kappa shape index (κ3) is 5.18. The lowest BCUT2D eigenvalue weighted by Crippen LogP contribution is -2.50. The van der Waals surface area contributed by atoms with Crippen molar-refractivity contribution in [2.75, 3.05) is 41.7 Å². The number of carbonyl (C=O) groups is 2. The molecule has 10 nitrogen and oxygen atoms in total. The number of anilines is 4. The number of nitrogens with one attached hydrogen (secondary N) is 2. The Balaban J connectivity index is 1.33. The first-order valence-corrected chi connectivity index (χ1v) is 12.8. The molecule has 3 aromatic rings. The number of rotatable bonds is 5. The van der Waals surface area contributed by atoms with Gasteiger partial charge in [0.05, 0.1) is 29.3 Å². The van der Waals surface area contributed by atoms with E-state index in [-0.39, 0.29) is 41.2 Å². The highest BCUT2D eigenvalue weighted by Gasteiger charge is 2.31. The number of hydrogen-bond acceptors (Lipinski definition) is 8. The lowest BCUT2D eigenvalue weighted by molar-refractivity contribution is -0.130. The second-order valence-electron chi connectivity index (χ2n) is 9.92. The molecule has 2 aromatic heterocycles. The number of aromatic nitrogens is 3. The number of fused-ring (bicyclic) bond motifs is 1. The van der Waals surface area contributed by atoms with E-state index in [0.29, 0.717) is 48.9 Å². The number of amides is 2. The maximum absolute atomic E-state index is 15.0. The topological polar surface area (TPSA) is 107 Å². The Kier molecular flexibility index (Phi) is 7.02. The van der Waals surface area contributed by atoms with E-state index >= 15 is 0 Å². The molecule has 0 spiro atoms. The third-order valence-electron chi connectivity index (χ3n) is 6.95. The monoisotopic (exact) mass is 536 g/mol. The molecule has 2 amide bonds. The van der Waals surface area contributed by atoms with Crippen molar-refractivity contribution in [3.8, 4) is 11.3 Å². The Morgan fingerprint density at radius 2 is 1.74 bits per heavy atom. The molecule has 0 bridgehead atoms. The first kappa shape index (κ1) is 26.3. The molecule has 1 atom stereocenters. The van der Waals surface area contributed by atoms with Crippen molar-refractivity contribution in [2.24, 2.45) is 0 Å². The molecule has 4 heterocycles. The van der Waals surface area contributed by atoms with Gasteiger partial charge in [-0.25, -0.2) is 23.7 Å². The van der Waals surface area contributed by atoms with Crippen LogP contribution in [0.2, 0.25) is 0 Å². The van der Waals surface area contributed by atoms with Gasteiger partial charge in [-0.2, -0.15) is 0 Å². The van der Waals surface area contributed by atoms with Gasteiger partial charge < -0.3 is 25.3 Å². The SMILES string of the molecule is CC(=O)N1CCN(C(=O)c2ccc(Nc3ncc(F)c(-c4cc(F)c5c(c4)N(C(C)C)C(C)N5)n3)nc2)CC1. The van der Waals surface area contributed by atoms with Gasteiger partial charge in [0.2, 0.25) is 11.9 Å². The van der Waals surface area contributed by atoms with Gasteiger partial charge in [-0.15, -0.1) is 0 Å². The summed E-state index contributed by atoms with van der Waals surface area (Å²) < 4.78 is 29.8. The Morgan fingerprint density at radius 3 is 2.38 bits per heavy atom. The first-order chi connectivity index (χ1) is 18.6. The highest BCUT2D eigenvalue weighted by atomic mass is 19.1. The van der Waals surface area contributed by atoms with Gasteiger partial charge in [0.25, 0.3) is 5.91 Å². The number of nitrogens with zero attached hydrogens (tertiary/aromatic N) is 6. The van der Waals surface area contributed by atoms with Crippen LogP contribution in [0, 0.1) is 11.6 Å². The second-order valence-corrected chi connectivity index (χ2v) is 9.92. The van der Waals surface area contributed by atoms with Crippen LogP contribution in [-0.2, 0) is 4.79 Å². The average Bonchev–Trinajstić information content (AvgIpc) is 3.26. The number of piperazine rings is 1. The van der Waals surface area contributed by atoms with Crippen molar-refractivity contribution in [1.82, 2.24) is 24.8 Å². The minimum Gasteiger partial charge on any atom is -0.361 e. The van der Waals surface area contributed by atoms with E-state index in [4.69, 9.17) is 0 Å². The van der Waals surface area contributed by atoms with Gasteiger partial charge in [0.1, 0.15) is 17.3 Å². The van der Waals surface area contributed by atoms with Gasteiger partial charge >= 0.3 is 0 Å². The molecule has 2 aliphatic rings. The van der Waals surface area contributed by atoms with Crippen molar-refractivity contribution >= 4 is 35.0 Å². The third-order valence-corrected chi connectivity index (χ3v) is 6.95. The molecule has 0 aliphatic carbocycles. The zero-order valence-corrected chi connectivity index (χ0v) is 22.2. The number of pyridine rings is 1. The molecule has 0 saturated carbocycles. The summed E-state index contributed by atoms with van der Waals surface area (Å²) in [4.78, 5) is 42.4. The van der Waals surface area contributed by atoms with Crippen LogP contribution >= 0.6 is 0 Å². The largest absolute Gasteiger partial charge is 0.361 e. The minimum atomic E-state index is -0.686. The molecule has 1 unspecified atom stereocenters. The summed E-state index contributed by atoms with van der Waals surface area (Å²) in [6.45, 7) is 9.37. The van der Waals surface area contributed by atoms with Crippen molar-refractivity contribution in [3.05, 3.63) is 53.9 Å². The highest BCUT2D eigenvalue weighted by molar-refractivity contribution is 5.94. The summed E-state index contributed by atoms with van der Waals surface area (Å²) in [6.07, 6.45) is 2.36. The summed E-state index contributed by atoms with van der Waals surface area (Å²) in [7, 11) is 0. The molecule has 0 radical (unpaired) electrons. The molecule has 204 valence electrons. The second kappa shape index (κ2) is 10.4. The van der Waals surface area contributed by atoms with E-state index in [1.54, 1.807) is 28.0 Å². The van der Waals surface area contributed by atoms with Crippen LogP contribution < -0.4 is 15.5 Å². The summed E-state index contributed by atoms with van der Waals surface area (Å²) in [5, 5.41) is 6.06. The smallest absolute Gasteiger partial charge is 0.255 e. The van der Waals surface area contributed by atoms with Crippen LogP contribution in [0.5, 0.6) is 0 Å². The molecular formula is C27H30F2N8O2.